The van der Waals surface area contributed by atoms with E-state index in [0.29, 0.717) is 44.8 Å². The molecule has 2 saturated heterocycles. The Morgan fingerprint density at radius 1 is 1.16 bits per heavy atom. The lowest BCUT2D eigenvalue weighted by molar-refractivity contribution is -0.187. The highest BCUT2D eigenvalue weighted by Crippen LogP contribution is 2.31. The van der Waals surface area contributed by atoms with Gasteiger partial charge < -0.3 is 14.4 Å². The van der Waals surface area contributed by atoms with Gasteiger partial charge in [0, 0.05) is 25.9 Å². The summed E-state index contributed by atoms with van der Waals surface area (Å²) < 4.78 is 36.8. The van der Waals surface area contributed by atoms with Crippen LogP contribution in [0.15, 0.2) is 24.3 Å². The summed E-state index contributed by atoms with van der Waals surface area (Å²) in [6.45, 7) is 3.91. The molecule has 25 heavy (non-hydrogen) atoms. The van der Waals surface area contributed by atoms with E-state index < -0.39 is 15.8 Å². The number of ether oxygens (including phenoxy) is 2. The van der Waals surface area contributed by atoms with Gasteiger partial charge in [0.05, 0.1) is 25.2 Å². The van der Waals surface area contributed by atoms with Crippen LogP contribution in [-0.4, -0.2) is 64.1 Å². The monoisotopic (exact) mass is 368 g/mol. The first kappa shape index (κ1) is 18.2. The first-order chi connectivity index (χ1) is 11.8. The van der Waals surface area contributed by atoms with Crippen LogP contribution in [0.5, 0.6) is 0 Å². The Morgan fingerprint density at radius 3 is 2.24 bits per heavy atom. The number of amides is 1. The molecule has 0 saturated carbocycles. The third kappa shape index (κ3) is 4.13. The van der Waals surface area contributed by atoms with Crippen LogP contribution in [-0.2, 0) is 24.3 Å². The van der Waals surface area contributed by atoms with Crippen molar-refractivity contribution in [1.29, 1.82) is 0 Å². The van der Waals surface area contributed by atoms with Gasteiger partial charge in [-0.1, -0.05) is 17.7 Å². The van der Waals surface area contributed by atoms with Crippen molar-refractivity contribution in [2.24, 2.45) is 0 Å². The molecule has 0 atom stereocenters. The quantitative estimate of drug-likeness (QED) is 0.796. The fourth-order valence-electron chi connectivity index (χ4n) is 3.22. The molecular weight excluding hydrogens is 344 g/mol. The SMILES string of the molecule is Cc1ccc(N(CC(=O)N2CCC3(CC2)OCCO3)S(C)(=O)=O)cc1. The second-order valence-electron chi connectivity index (χ2n) is 6.59. The van der Waals surface area contributed by atoms with Crippen molar-refractivity contribution in [3.63, 3.8) is 0 Å². The number of carbonyl (C=O) groups is 1. The van der Waals surface area contributed by atoms with E-state index in [1.807, 2.05) is 19.1 Å². The number of sulfonamides is 1. The van der Waals surface area contributed by atoms with Gasteiger partial charge in [-0.05, 0) is 19.1 Å². The molecule has 3 rings (SSSR count). The Labute approximate surface area is 148 Å². The smallest absolute Gasteiger partial charge is 0.243 e. The lowest BCUT2D eigenvalue weighted by Crippen LogP contribution is -2.50. The van der Waals surface area contributed by atoms with Gasteiger partial charge >= 0.3 is 0 Å². The Morgan fingerprint density at radius 2 is 1.72 bits per heavy atom. The molecule has 138 valence electrons. The maximum Gasteiger partial charge on any atom is 0.243 e. The number of rotatable bonds is 4. The highest BCUT2D eigenvalue weighted by Gasteiger charge is 2.41. The highest BCUT2D eigenvalue weighted by atomic mass is 32.2. The largest absolute Gasteiger partial charge is 0.347 e. The zero-order valence-corrected chi connectivity index (χ0v) is 15.4. The van der Waals surface area contributed by atoms with Crippen molar-refractivity contribution in [3.8, 4) is 0 Å². The maximum absolute atomic E-state index is 12.6. The number of hydrogen-bond acceptors (Lipinski definition) is 5. The predicted octanol–water partition coefficient (Wildman–Crippen LogP) is 1.13. The van der Waals surface area contributed by atoms with Gasteiger partial charge in [0.25, 0.3) is 0 Å². The molecule has 2 aliphatic heterocycles. The van der Waals surface area contributed by atoms with Crippen LogP contribution in [0.4, 0.5) is 5.69 Å². The molecule has 8 heteroatoms. The van der Waals surface area contributed by atoms with Crippen LogP contribution in [0.2, 0.25) is 0 Å². The molecule has 7 nitrogen and oxygen atoms in total. The summed E-state index contributed by atoms with van der Waals surface area (Å²) in [6, 6.07) is 7.10. The normalized spacial score (nSPS) is 20.0. The zero-order chi connectivity index (χ0) is 18.1. The summed E-state index contributed by atoms with van der Waals surface area (Å²) in [5.74, 6) is -0.761. The molecule has 0 bridgehead atoms. The van der Waals surface area contributed by atoms with E-state index >= 15 is 0 Å². The third-order valence-electron chi connectivity index (χ3n) is 4.69. The average molecular weight is 368 g/mol. The molecule has 2 aliphatic rings. The number of nitrogens with zero attached hydrogens (tertiary/aromatic N) is 2. The minimum Gasteiger partial charge on any atom is -0.347 e. The van der Waals surface area contributed by atoms with Crippen molar-refractivity contribution in [1.82, 2.24) is 4.90 Å². The van der Waals surface area contributed by atoms with Gasteiger partial charge in [0.2, 0.25) is 15.9 Å². The molecule has 1 aromatic carbocycles. The van der Waals surface area contributed by atoms with Crippen LogP contribution in [0.3, 0.4) is 0 Å². The number of likely N-dealkylation sites (tertiary alicyclic amines) is 1. The van der Waals surface area contributed by atoms with Crippen molar-refractivity contribution in [2.75, 3.05) is 43.4 Å². The Hall–Kier alpha value is -1.64. The molecule has 0 N–H and O–H groups in total. The van der Waals surface area contributed by atoms with Gasteiger partial charge in [-0.2, -0.15) is 0 Å². The predicted molar refractivity (Wildman–Crippen MR) is 93.8 cm³/mol. The van der Waals surface area contributed by atoms with Crippen LogP contribution in [0, 0.1) is 6.92 Å². The van der Waals surface area contributed by atoms with Crippen molar-refractivity contribution >= 4 is 21.6 Å². The molecule has 1 aromatic rings. The highest BCUT2D eigenvalue weighted by molar-refractivity contribution is 7.92. The molecule has 2 fully saturated rings. The second-order valence-corrected chi connectivity index (χ2v) is 8.50. The maximum atomic E-state index is 12.6. The Bertz CT molecular complexity index is 716. The number of benzene rings is 1. The van der Waals surface area contributed by atoms with E-state index in [1.54, 1.807) is 17.0 Å². The van der Waals surface area contributed by atoms with E-state index in [-0.39, 0.29) is 12.5 Å². The van der Waals surface area contributed by atoms with E-state index in [1.165, 1.54) is 0 Å². The Kier molecular flexibility index (Phi) is 5.04. The molecule has 1 amide bonds. The number of aryl methyl sites for hydroxylation is 1. The van der Waals surface area contributed by atoms with Crippen LogP contribution >= 0.6 is 0 Å². The number of carbonyl (C=O) groups excluding carboxylic acids is 1. The first-order valence-corrected chi connectivity index (χ1v) is 10.2. The fourth-order valence-corrected chi connectivity index (χ4v) is 4.07. The summed E-state index contributed by atoms with van der Waals surface area (Å²) in [5.41, 5.74) is 1.53. The number of hydrogen-bond donors (Lipinski definition) is 0. The molecule has 0 aromatic heterocycles. The molecular formula is C17H24N2O5S. The van der Waals surface area contributed by atoms with E-state index in [9.17, 15) is 13.2 Å². The summed E-state index contributed by atoms with van der Waals surface area (Å²) in [4.78, 5) is 14.3. The van der Waals surface area contributed by atoms with Crippen LogP contribution in [0.25, 0.3) is 0 Å². The molecule has 0 unspecified atom stereocenters. The average Bonchev–Trinajstić information content (AvgIpc) is 3.01. The van der Waals surface area contributed by atoms with Crippen molar-refractivity contribution < 1.29 is 22.7 Å². The molecule has 0 radical (unpaired) electrons. The van der Waals surface area contributed by atoms with Crippen molar-refractivity contribution in [2.45, 2.75) is 25.6 Å². The third-order valence-corrected chi connectivity index (χ3v) is 5.83. The van der Waals surface area contributed by atoms with Gasteiger partial charge in [-0.25, -0.2) is 8.42 Å². The fraction of sp³-hybridized carbons (Fsp3) is 0.588. The minimum atomic E-state index is -3.55. The molecule has 0 aliphatic carbocycles. The summed E-state index contributed by atoms with van der Waals surface area (Å²) in [5, 5.41) is 0. The number of piperidine rings is 1. The van der Waals surface area contributed by atoms with Crippen LogP contribution in [0.1, 0.15) is 18.4 Å². The number of anilines is 1. The summed E-state index contributed by atoms with van der Waals surface area (Å²) in [6.07, 6.45) is 2.34. The lowest BCUT2D eigenvalue weighted by atomic mass is 10.0. The minimum absolute atomic E-state index is 0.198. The topological polar surface area (TPSA) is 76.2 Å². The van der Waals surface area contributed by atoms with Gasteiger partial charge in [-0.15, -0.1) is 0 Å². The van der Waals surface area contributed by atoms with E-state index in [0.717, 1.165) is 16.1 Å². The van der Waals surface area contributed by atoms with Gasteiger partial charge in [0.15, 0.2) is 5.79 Å². The molecule has 1 spiro atoms. The molecule has 2 heterocycles. The Balaban J connectivity index is 1.68. The standard InChI is InChI=1S/C17H24N2O5S/c1-14-3-5-15(6-4-14)19(25(2,21)22)13-16(20)18-9-7-17(8-10-18)23-11-12-24-17/h3-6H,7-13H2,1-2H3. The van der Waals surface area contributed by atoms with E-state index in [4.69, 9.17) is 9.47 Å². The van der Waals surface area contributed by atoms with Crippen molar-refractivity contribution in [3.05, 3.63) is 29.8 Å². The first-order valence-electron chi connectivity index (χ1n) is 8.39. The van der Waals surface area contributed by atoms with Gasteiger partial charge in [0.1, 0.15) is 6.54 Å². The second kappa shape index (κ2) is 6.93. The van der Waals surface area contributed by atoms with Crippen LogP contribution < -0.4 is 4.31 Å². The zero-order valence-electron chi connectivity index (χ0n) is 14.6. The lowest BCUT2D eigenvalue weighted by Gasteiger charge is -2.38. The van der Waals surface area contributed by atoms with E-state index in [2.05, 4.69) is 0 Å². The van der Waals surface area contributed by atoms with Gasteiger partial charge in [-0.3, -0.25) is 9.10 Å². The summed E-state index contributed by atoms with van der Waals surface area (Å²) in [7, 11) is -3.55. The summed E-state index contributed by atoms with van der Waals surface area (Å²) >= 11 is 0.